The summed E-state index contributed by atoms with van der Waals surface area (Å²) in [6, 6.07) is -0.893. The monoisotopic (exact) mass is 271 g/mol. The Kier molecular flexibility index (Phi) is 4.61. The zero-order valence-corrected chi connectivity index (χ0v) is 12.6. The molecule has 1 heterocycles. The van der Waals surface area contributed by atoms with E-state index in [-0.39, 0.29) is 30.0 Å². The van der Waals surface area contributed by atoms with Crippen LogP contribution in [0.5, 0.6) is 0 Å². The first-order chi connectivity index (χ1) is 8.55. The number of carbonyl (C=O) groups is 2. The molecular weight excluding hydrogens is 246 g/mol. The van der Waals surface area contributed by atoms with E-state index >= 15 is 0 Å². The number of rotatable bonds is 3. The summed E-state index contributed by atoms with van der Waals surface area (Å²) in [6.07, 6.45) is -0.164. The number of carbonyl (C=O) groups excluding carboxylic acids is 1. The number of amides is 1. The molecule has 110 valence electrons. The fraction of sp³-hybridized carbons (Fsp3) is 0.857. The molecule has 1 aliphatic rings. The minimum Gasteiger partial charge on any atom is -0.480 e. The third kappa shape index (κ3) is 3.47. The number of ether oxygens (including phenoxy) is 1. The van der Waals surface area contributed by atoms with E-state index in [0.717, 1.165) is 0 Å². The van der Waals surface area contributed by atoms with E-state index in [2.05, 4.69) is 5.32 Å². The molecule has 0 spiro atoms. The molecule has 0 saturated carbocycles. The van der Waals surface area contributed by atoms with Gasteiger partial charge in [0.2, 0.25) is 5.91 Å². The van der Waals surface area contributed by atoms with Crippen LogP contribution in [0.25, 0.3) is 0 Å². The molecule has 1 saturated heterocycles. The summed E-state index contributed by atoms with van der Waals surface area (Å²) in [4.78, 5) is 23.6. The summed E-state index contributed by atoms with van der Waals surface area (Å²) in [5, 5.41) is 11.9. The number of carboxylic acids is 1. The van der Waals surface area contributed by atoms with E-state index in [0.29, 0.717) is 0 Å². The quantitative estimate of drug-likeness (QED) is 0.818. The van der Waals surface area contributed by atoms with Gasteiger partial charge in [-0.15, -0.1) is 0 Å². The molecule has 0 aromatic heterocycles. The van der Waals surface area contributed by atoms with Gasteiger partial charge in [0.25, 0.3) is 0 Å². The van der Waals surface area contributed by atoms with Crippen LogP contribution in [0.1, 0.15) is 41.5 Å². The lowest BCUT2D eigenvalue weighted by atomic mass is 9.84. The standard InChI is InChI=1S/C14H25NO4/c1-7-8(2)19-9(3)10(7)12(16)15-11(13(17)18)14(4,5)6/h7-11H,1-6H3,(H,15,16)(H,17,18). The minimum atomic E-state index is -1.01. The van der Waals surface area contributed by atoms with Gasteiger partial charge in [0.05, 0.1) is 18.1 Å². The molecule has 1 rings (SSSR count). The predicted molar refractivity (Wildman–Crippen MR) is 71.7 cm³/mol. The van der Waals surface area contributed by atoms with Gasteiger partial charge in [0, 0.05) is 0 Å². The van der Waals surface area contributed by atoms with Crippen LogP contribution in [0, 0.1) is 17.3 Å². The highest BCUT2D eigenvalue weighted by Crippen LogP contribution is 2.32. The molecule has 1 aliphatic heterocycles. The SMILES string of the molecule is CC1OC(C)C(C(=O)NC(C(=O)O)C(C)(C)C)C1C. The molecule has 5 heteroatoms. The number of carboxylic acid groups (broad SMARTS) is 1. The number of nitrogens with one attached hydrogen (secondary N) is 1. The lowest BCUT2D eigenvalue weighted by Crippen LogP contribution is -2.52. The molecule has 5 nitrogen and oxygen atoms in total. The molecule has 0 aromatic rings. The largest absolute Gasteiger partial charge is 0.480 e. The van der Waals surface area contributed by atoms with E-state index in [1.165, 1.54) is 0 Å². The normalized spacial score (nSPS) is 32.9. The Bertz CT molecular complexity index is 361. The first kappa shape index (κ1) is 16.0. The number of hydrogen-bond donors (Lipinski definition) is 2. The van der Waals surface area contributed by atoms with Gasteiger partial charge in [-0.3, -0.25) is 4.79 Å². The second kappa shape index (κ2) is 5.49. The second-order valence-corrected chi connectivity index (χ2v) is 6.58. The highest BCUT2D eigenvalue weighted by Gasteiger charge is 2.43. The van der Waals surface area contributed by atoms with Crippen molar-refractivity contribution < 1.29 is 19.4 Å². The predicted octanol–water partition coefficient (Wildman–Crippen LogP) is 1.66. The van der Waals surface area contributed by atoms with Crippen molar-refractivity contribution in [3.8, 4) is 0 Å². The van der Waals surface area contributed by atoms with Crippen LogP contribution in [0.4, 0.5) is 0 Å². The van der Waals surface area contributed by atoms with Crippen molar-refractivity contribution in [1.29, 1.82) is 0 Å². The van der Waals surface area contributed by atoms with Gasteiger partial charge in [-0.2, -0.15) is 0 Å². The summed E-state index contributed by atoms with van der Waals surface area (Å²) >= 11 is 0. The Labute approximate surface area is 114 Å². The zero-order valence-electron chi connectivity index (χ0n) is 12.6. The van der Waals surface area contributed by atoms with Crippen molar-refractivity contribution in [1.82, 2.24) is 5.32 Å². The number of aliphatic carboxylic acids is 1. The van der Waals surface area contributed by atoms with Crippen molar-refractivity contribution in [3.63, 3.8) is 0 Å². The van der Waals surface area contributed by atoms with Crippen LogP contribution in [0.3, 0.4) is 0 Å². The van der Waals surface area contributed by atoms with Crippen molar-refractivity contribution in [3.05, 3.63) is 0 Å². The van der Waals surface area contributed by atoms with E-state index in [1.807, 2.05) is 20.8 Å². The van der Waals surface area contributed by atoms with Gasteiger partial charge in [-0.25, -0.2) is 4.79 Å². The third-order valence-corrected chi connectivity index (χ3v) is 3.94. The van der Waals surface area contributed by atoms with Crippen LogP contribution in [0.15, 0.2) is 0 Å². The molecule has 5 unspecified atom stereocenters. The van der Waals surface area contributed by atoms with Gasteiger partial charge >= 0.3 is 5.97 Å². The summed E-state index contributed by atoms with van der Waals surface area (Å²) < 4.78 is 5.63. The maximum absolute atomic E-state index is 12.3. The molecule has 1 amide bonds. The number of hydrogen-bond acceptors (Lipinski definition) is 3. The topological polar surface area (TPSA) is 75.6 Å². The van der Waals surface area contributed by atoms with Gasteiger partial charge in [0.15, 0.2) is 0 Å². The summed E-state index contributed by atoms with van der Waals surface area (Å²) in [7, 11) is 0. The maximum Gasteiger partial charge on any atom is 0.326 e. The summed E-state index contributed by atoms with van der Waals surface area (Å²) in [6.45, 7) is 11.2. The smallest absolute Gasteiger partial charge is 0.326 e. The van der Waals surface area contributed by atoms with Crippen LogP contribution in [0.2, 0.25) is 0 Å². The van der Waals surface area contributed by atoms with Crippen molar-refractivity contribution in [2.45, 2.75) is 59.8 Å². The molecular formula is C14H25NO4. The van der Waals surface area contributed by atoms with Crippen LogP contribution in [-0.4, -0.2) is 35.2 Å². The van der Waals surface area contributed by atoms with Gasteiger partial charge < -0.3 is 15.2 Å². The molecule has 5 atom stereocenters. The lowest BCUT2D eigenvalue weighted by Gasteiger charge is -2.30. The molecule has 0 aromatic carbocycles. The van der Waals surface area contributed by atoms with Crippen molar-refractivity contribution in [2.24, 2.45) is 17.3 Å². The molecule has 0 bridgehead atoms. The zero-order chi connectivity index (χ0) is 15.0. The Morgan fingerprint density at radius 3 is 2.00 bits per heavy atom. The minimum absolute atomic E-state index is 0.0173. The average Bonchev–Trinajstić information content (AvgIpc) is 2.47. The van der Waals surface area contributed by atoms with Crippen LogP contribution < -0.4 is 5.32 Å². The van der Waals surface area contributed by atoms with E-state index in [9.17, 15) is 14.7 Å². The molecule has 2 N–H and O–H groups in total. The fourth-order valence-corrected chi connectivity index (χ4v) is 2.61. The lowest BCUT2D eigenvalue weighted by molar-refractivity contribution is -0.146. The Morgan fingerprint density at radius 1 is 1.16 bits per heavy atom. The summed E-state index contributed by atoms with van der Waals surface area (Å²) in [5.74, 6) is -1.44. The summed E-state index contributed by atoms with van der Waals surface area (Å²) in [5.41, 5.74) is -0.529. The van der Waals surface area contributed by atoms with Crippen LogP contribution >= 0.6 is 0 Å². The molecule has 0 radical (unpaired) electrons. The van der Waals surface area contributed by atoms with Crippen LogP contribution in [-0.2, 0) is 14.3 Å². The van der Waals surface area contributed by atoms with E-state index in [4.69, 9.17) is 4.74 Å². The second-order valence-electron chi connectivity index (χ2n) is 6.58. The fourth-order valence-electron chi connectivity index (χ4n) is 2.61. The molecule has 0 aliphatic carbocycles. The first-order valence-corrected chi connectivity index (χ1v) is 6.74. The Balaban J connectivity index is 2.81. The molecule has 19 heavy (non-hydrogen) atoms. The van der Waals surface area contributed by atoms with Gasteiger partial charge in [-0.1, -0.05) is 27.7 Å². The van der Waals surface area contributed by atoms with Gasteiger partial charge in [0.1, 0.15) is 6.04 Å². The average molecular weight is 271 g/mol. The van der Waals surface area contributed by atoms with Crippen molar-refractivity contribution >= 4 is 11.9 Å². The van der Waals surface area contributed by atoms with Crippen molar-refractivity contribution in [2.75, 3.05) is 0 Å². The highest BCUT2D eigenvalue weighted by molar-refractivity contribution is 5.86. The first-order valence-electron chi connectivity index (χ1n) is 6.74. The Hall–Kier alpha value is -1.10. The highest BCUT2D eigenvalue weighted by atomic mass is 16.5. The van der Waals surface area contributed by atoms with Gasteiger partial charge in [-0.05, 0) is 25.2 Å². The third-order valence-electron chi connectivity index (χ3n) is 3.94. The van der Waals surface area contributed by atoms with E-state index < -0.39 is 17.4 Å². The molecule has 1 fully saturated rings. The Morgan fingerprint density at radius 2 is 1.68 bits per heavy atom. The maximum atomic E-state index is 12.3. The van der Waals surface area contributed by atoms with E-state index in [1.54, 1.807) is 20.8 Å².